The predicted molar refractivity (Wildman–Crippen MR) is 74.6 cm³/mol. The van der Waals surface area contributed by atoms with Gasteiger partial charge in [0.25, 0.3) is 0 Å². The van der Waals surface area contributed by atoms with Crippen molar-refractivity contribution in [1.29, 1.82) is 0 Å². The topological polar surface area (TPSA) is 51.1 Å². The molecule has 2 aromatic rings. The molecule has 1 fully saturated rings. The molecular weight excluding hydrogens is 264 g/mol. The van der Waals surface area contributed by atoms with Crippen molar-refractivity contribution in [3.8, 4) is 0 Å². The molecular formula is C13H15ClN4O. The van der Waals surface area contributed by atoms with Gasteiger partial charge in [0, 0.05) is 24.8 Å². The molecule has 0 amide bonds. The van der Waals surface area contributed by atoms with Crippen molar-refractivity contribution < 1.29 is 4.74 Å². The molecule has 1 atom stereocenters. The lowest BCUT2D eigenvalue weighted by molar-refractivity contribution is 0.122. The summed E-state index contributed by atoms with van der Waals surface area (Å²) in [5.41, 5.74) is 2.53. The molecule has 0 saturated carbocycles. The fourth-order valence-electron chi connectivity index (χ4n) is 2.18. The second-order valence-electron chi connectivity index (χ2n) is 4.54. The highest BCUT2D eigenvalue weighted by Crippen LogP contribution is 2.26. The zero-order valence-corrected chi connectivity index (χ0v) is 11.5. The third kappa shape index (κ3) is 2.48. The van der Waals surface area contributed by atoms with E-state index in [2.05, 4.69) is 14.9 Å². The summed E-state index contributed by atoms with van der Waals surface area (Å²) in [5.74, 6) is 0.876. The number of ether oxygens (including phenoxy) is 1. The van der Waals surface area contributed by atoms with Crippen molar-refractivity contribution in [1.82, 2.24) is 15.0 Å². The Morgan fingerprint density at radius 2 is 2.05 bits per heavy atom. The molecule has 0 spiro atoms. The van der Waals surface area contributed by atoms with Crippen molar-refractivity contribution in [2.75, 3.05) is 31.2 Å². The van der Waals surface area contributed by atoms with Crippen LogP contribution in [0.2, 0.25) is 0 Å². The monoisotopic (exact) mass is 278 g/mol. The molecule has 0 aromatic carbocycles. The normalized spacial score (nSPS) is 17.7. The highest BCUT2D eigenvalue weighted by Gasteiger charge is 2.15. The SMILES string of the molecule is CC(Cl)c1cncc2ncc(N3CCOCC3)nc12. The summed E-state index contributed by atoms with van der Waals surface area (Å²) in [4.78, 5) is 15.5. The van der Waals surface area contributed by atoms with E-state index in [0.29, 0.717) is 0 Å². The average molecular weight is 279 g/mol. The lowest BCUT2D eigenvalue weighted by atomic mass is 10.2. The quantitative estimate of drug-likeness (QED) is 0.788. The molecule has 100 valence electrons. The minimum absolute atomic E-state index is 0.134. The van der Waals surface area contributed by atoms with Gasteiger partial charge in [0.1, 0.15) is 11.3 Å². The smallest absolute Gasteiger partial charge is 0.148 e. The Balaban J connectivity index is 2.05. The van der Waals surface area contributed by atoms with Crippen LogP contribution in [0.15, 0.2) is 18.6 Å². The lowest BCUT2D eigenvalue weighted by Gasteiger charge is -2.27. The van der Waals surface area contributed by atoms with Gasteiger partial charge >= 0.3 is 0 Å². The number of fused-ring (bicyclic) bond motifs is 1. The van der Waals surface area contributed by atoms with Gasteiger partial charge in [-0.05, 0) is 6.92 Å². The Hall–Kier alpha value is -1.46. The van der Waals surface area contributed by atoms with Crippen molar-refractivity contribution in [3.63, 3.8) is 0 Å². The van der Waals surface area contributed by atoms with Gasteiger partial charge in [0.05, 0.1) is 36.5 Å². The number of rotatable bonds is 2. The molecule has 0 bridgehead atoms. The van der Waals surface area contributed by atoms with Crippen LogP contribution in [0.1, 0.15) is 17.9 Å². The zero-order valence-electron chi connectivity index (χ0n) is 10.7. The molecule has 3 heterocycles. The van der Waals surface area contributed by atoms with Crippen molar-refractivity contribution in [2.45, 2.75) is 12.3 Å². The first-order chi connectivity index (χ1) is 9.25. The largest absolute Gasteiger partial charge is 0.378 e. The first-order valence-corrected chi connectivity index (χ1v) is 6.77. The van der Waals surface area contributed by atoms with E-state index in [1.54, 1.807) is 18.6 Å². The van der Waals surface area contributed by atoms with Gasteiger partial charge in [-0.15, -0.1) is 11.6 Å². The molecule has 1 aliphatic heterocycles. The Morgan fingerprint density at radius 3 is 2.79 bits per heavy atom. The zero-order chi connectivity index (χ0) is 13.2. The second kappa shape index (κ2) is 5.27. The van der Waals surface area contributed by atoms with Gasteiger partial charge in [-0.1, -0.05) is 0 Å². The van der Waals surface area contributed by atoms with Gasteiger partial charge in [-0.3, -0.25) is 4.98 Å². The number of pyridine rings is 1. The lowest BCUT2D eigenvalue weighted by Crippen LogP contribution is -2.36. The standard InChI is InChI=1S/C13H15ClN4O/c1-9(14)10-6-15-7-11-13(10)17-12(8-16-11)18-2-4-19-5-3-18/h6-9H,2-5H2,1H3. The van der Waals surface area contributed by atoms with Crippen LogP contribution < -0.4 is 4.90 Å². The molecule has 0 N–H and O–H groups in total. The second-order valence-corrected chi connectivity index (χ2v) is 5.19. The van der Waals surface area contributed by atoms with E-state index in [-0.39, 0.29) is 5.38 Å². The molecule has 19 heavy (non-hydrogen) atoms. The number of aromatic nitrogens is 3. The van der Waals surface area contributed by atoms with E-state index in [1.807, 2.05) is 6.92 Å². The van der Waals surface area contributed by atoms with E-state index < -0.39 is 0 Å². The van der Waals surface area contributed by atoms with Crippen LogP contribution in [0.5, 0.6) is 0 Å². The molecule has 0 aliphatic carbocycles. The van der Waals surface area contributed by atoms with Crippen molar-refractivity contribution >= 4 is 28.5 Å². The summed E-state index contributed by atoms with van der Waals surface area (Å²) in [5, 5.41) is -0.134. The van der Waals surface area contributed by atoms with Gasteiger partial charge in [0.2, 0.25) is 0 Å². The van der Waals surface area contributed by atoms with Crippen LogP contribution in [0.4, 0.5) is 5.82 Å². The summed E-state index contributed by atoms with van der Waals surface area (Å²) in [7, 11) is 0. The number of anilines is 1. The maximum absolute atomic E-state index is 6.18. The highest BCUT2D eigenvalue weighted by molar-refractivity contribution is 6.21. The maximum atomic E-state index is 6.18. The van der Waals surface area contributed by atoms with E-state index in [9.17, 15) is 0 Å². The number of halogens is 1. The summed E-state index contributed by atoms with van der Waals surface area (Å²) < 4.78 is 5.35. The number of morpholine rings is 1. The number of hydrogen-bond acceptors (Lipinski definition) is 5. The molecule has 5 nitrogen and oxygen atoms in total. The first-order valence-electron chi connectivity index (χ1n) is 6.33. The first kappa shape index (κ1) is 12.6. The summed E-state index contributed by atoms with van der Waals surface area (Å²) >= 11 is 6.18. The molecule has 0 radical (unpaired) electrons. The third-order valence-electron chi connectivity index (χ3n) is 3.24. The highest BCUT2D eigenvalue weighted by atomic mass is 35.5. The van der Waals surface area contributed by atoms with Crippen molar-refractivity contribution in [2.24, 2.45) is 0 Å². The number of hydrogen-bond donors (Lipinski definition) is 0. The van der Waals surface area contributed by atoms with Crippen LogP contribution in [-0.4, -0.2) is 41.3 Å². The van der Waals surface area contributed by atoms with E-state index in [4.69, 9.17) is 21.3 Å². The van der Waals surface area contributed by atoms with Gasteiger partial charge in [0.15, 0.2) is 0 Å². The van der Waals surface area contributed by atoms with Crippen molar-refractivity contribution in [3.05, 3.63) is 24.2 Å². The van der Waals surface area contributed by atoms with Gasteiger partial charge < -0.3 is 9.64 Å². The molecule has 1 unspecified atom stereocenters. The Kier molecular flexibility index (Phi) is 3.48. The minimum Gasteiger partial charge on any atom is -0.378 e. The van der Waals surface area contributed by atoms with Crippen LogP contribution in [0, 0.1) is 0 Å². The van der Waals surface area contributed by atoms with Crippen LogP contribution >= 0.6 is 11.6 Å². The molecule has 3 rings (SSSR count). The number of nitrogens with zero attached hydrogens (tertiary/aromatic N) is 4. The van der Waals surface area contributed by atoms with Crippen LogP contribution in [-0.2, 0) is 4.74 Å². The average Bonchev–Trinajstić information content (AvgIpc) is 2.47. The fraction of sp³-hybridized carbons (Fsp3) is 0.462. The van der Waals surface area contributed by atoms with E-state index >= 15 is 0 Å². The third-order valence-corrected chi connectivity index (χ3v) is 3.47. The fourth-order valence-corrected chi connectivity index (χ4v) is 2.34. The molecule has 1 saturated heterocycles. The van der Waals surface area contributed by atoms with Crippen LogP contribution in [0.25, 0.3) is 11.0 Å². The molecule has 2 aromatic heterocycles. The Bertz CT molecular complexity index is 584. The van der Waals surface area contributed by atoms with Gasteiger partial charge in [-0.2, -0.15) is 0 Å². The van der Waals surface area contributed by atoms with E-state index in [0.717, 1.165) is 48.7 Å². The maximum Gasteiger partial charge on any atom is 0.148 e. The summed E-state index contributed by atoms with van der Waals surface area (Å²) in [6.45, 7) is 5.07. The Morgan fingerprint density at radius 1 is 1.26 bits per heavy atom. The van der Waals surface area contributed by atoms with Gasteiger partial charge in [-0.25, -0.2) is 9.97 Å². The Labute approximate surface area is 116 Å². The summed E-state index contributed by atoms with van der Waals surface area (Å²) in [6, 6.07) is 0. The summed E-state index contributed by atoms with van der Waals surface area (Å²) in [6.07, 6.45) is 5.27. The predicted octanol–water partition coefficient (Wildman–Crippen LogP) is 2.16. The van der Waals surface area contributed by atoms with E-state index in [1.165, 1.54) is 0 Å². The molecule has 1 aliphatic rings. The number of alkyl halides is 1. The minimum atomic E-state index is -0.134. The van der Waals surface area contributed by atoms with Crippen LogP contribution in [0.3, 0.4) is 0 Å². The molecule has 6 heteroatoms.